The highest BCUT2D eigenvalue weighted by atomic mass is 19.4. The lowest BCUT2D eigenvalue weighted by atomic mass is 10.1. The van der Waals surface area contributed by atoms with Crippen LogP contribution in [0, 0.1) is 5.92 Å². The third kappa shape index (κ3) is 2.33. The van der Waals surface area contributed by atoms with Gasteiger partial charge >= 0.3 is 12.1 Å². The summed E-state index contributed by atoms with van der Waals surface area (Å²) in [5, 5.41) is 8.65. The van der Waals surface area contributed by atoms with Gasteiger partial charge in [0.2, 0.25) is 0 Å². The normalized spacial score (nSPS) is 23.7. The van der Waals surface area contributed by atoms with Gasteiger partial charge in [-0.25, -0.2) is 0 Å². The van der Waals surface area contributed by atoms with Gasteiger partial charge in [0.15, 0.2) is 0 Å². The summed E-state index contributed by atoms with van der Waals surface area (Å²) in [6.45, 7) is -0.0694. The van der Waals surface area contributed by atoms with Gasteiger partial charge in [0.05, 0.1) is 0 Å². The van der Waals surface area contributed by atoms with Gasteiger partial charge in [-0.05, 0) is 6.42 Å². The van der Waals surface area contributed by atoms with Gasteiger partial charge in [-0.2, -0.15) is 13.2 Å². The average Bonchev–Trinajstić information content (AvgIpc) is 2.48. The van der Waals surface area contributed by atoms with Crippen molar-refractivity contribution in [1.82, 2.24) is 4.90 Å². The number of carbonyl (C=O) groups is 1. The van der Waals surface area contributed by atoms with Crippen LogP contribution in [0.5, 0.6) is 0 Å². The zero-order valence-electron chi connectivity index (χ0n) is 6.84. The first-order chi connectivity index (χ1) is 5.95. The number of likely N-dealkylation sites (tertiary alicyclic amines) is 1. The molecule has 0 spiro atoms. The van der Waals surface area contributed by atoms with Gasteiger partial charge < -0.3 is 10.0 Å². The minimum Gasteiger partial charge on any atom is -0.396 e. The highest BCUT2D eigenvalue weighted by Crippen LogP contribution is 2.23. The Kier molecular flexibility index (Phi) is 2.80. The van der Waals surface area contributed by atoms with Crippen molar-refractivity contribution in [2.75, 3.05) is 19.7 Å². The number of aliphatic hydroxyl groups excluding tert-OH is 1. The number of hydrogen-bond donors (Lipinski definition) is 1. The molecule has 6 heteroatoms. The summed E-state index contributed by atoms with van der Waals surface area (Å²) in [5.41, 5.74) is 0. The molecule has 13 heavy (non-hydrogen) atoms. The molecule has 1 rings (SSSR count). The zero-order chi connectivity index (χ0) is 10.1. The fourth-order valence-corrected chi connectivity index (χ4v) is 1.35. The molecule has 1 amide bonds. The maximum Gasteiger partial charge on any atom is 0.471 e. The molecule has 0 unspecified atom stereocenters. The standard InChI is InChI=1S/C7H10F3NO2/c8-7(9,10)6(13)11-2-1-5(3-11)4-12/h5,12H,1-4H2/t5-/m1/s1. The van der Waals surface area contributed by atoms with Crippen molar-refractivity contribution in [1.29, 1.82) is 0 Å². The second-order valence-corrected chi connectivity index (χ2v) is 3.09. The third-order valence-corrected chi connectivity index (χ3v) is 2.07. The lowest BCUT2D eigenvalue weighted by Crippen LogP contribution is -2.39. The number of alkyl halides is 3. The summed E-state index contributed by atoms with van der Waals surface area (Å²) < 4.78 is 35.6. The molecular formula is C7H10F3NO2. The molecule has 76 valence electrons. The molecule has 1 heterocycles. The van der Waals surface area contributed by atoms with Crippen molar-refractivity contribution in [2.24, 2.45) is 5.92 Å². The maximum absolute atomic E-state index is 11.9. The first-order valence-corrected chi connectivity index (χ1v) is 3.92. The van der Waals surface area contributed by atoms with E-state index in [0.29, 0.717) is 6.42 Å². The first-order valence-electron chi connectivity index (χ1n) is 3.92. The van der Waals surface area contributed by atoms with Crippen molar-refractivity contribution >= 4 is 5.91 Å². The van der Waals surface area contributed by atoms with Gasteiger partial charge in [0, 0.05) is 25.6 Å². The number of rotatable bonds is 1. The van der Waals surface area contributed by atoms with Crippen LogP contribution in [0.25, 0.3) is 0 Å². The van der Waals surface area contributed by atoms with E-state index in [-0.39, 0.29) is 25.6 Å². The van der Waals surface area contributed by atoms with E-state index in [9.17, 15) is 18.0 Å². The Morgan fingerprint density at radius 1 is 1.54 bits per heavy atom. The van der Waals surface area contributed by atoms with E-state index < -0.39 is 12.1 Å². The smallest absolute Gasteiger partial charge is 0.396 e. The summed E-state index contributed by atoms with van der Waals surface area (Å²) in [6.07, 6.45) is -4.34. The summed E-state index contributed by atoms with van der Waals surface area (Å²) >= 11 is 0. The molecule has 0 aromatic rings. The largest absolute Gasteiger partial charge is 0.471 e. The first kappa shape index (κ1) is 10.3. The van der Waals surface area contributed by atoms with Crippen LogP contribution in [0.4, 0.5) is 13.2 Å². The zero-order valence-corrected chi connectivity index (χ0v) is 6.84. The number of hydrogen-bond acceptors (Lipinski definition) is 2. The summed E-state index contributed by atoms with van der Waals surface area (Å²) in [7, 11) is 0. The molecule has 1 fully saturated rings. The molecule has 0 saturated carbocycles. The molecule has 1 aliphatic heterocycles. The highest BCUT2D eigenvalue weighted by Gasteiger charge is 2.44. The van der Waals surface area contributed by atoms with Gasteiger partial charge in [0.1, 0.15) is 0 Å². The Morgan fingerprint density at radius 2 is 2.15 bits per heavy atom. The molecule has 0 aromatic carbocycles. The molecule has 1 N–H and O–H groups in total. The predicted molar refractivity (Wildman–Crippen MR) is 37.8 cm³/mol. The van der Waals surface area contributed by atoms with Crippen molar-refractivity contribution in [2.45, 2.75) is 12.6 Å². The molecule has 0 aliphatic carbocycles. The second-order valence-electron chi connectivity index (χ2n) is 3.09. The van der Waals surface area contributed by atoms with Crippen LogP contribution < -0.4 is 0 Å². The summed E-state index contributed by atoms with van der Waals surface area (Å²) in [6, 6.07) is 0. The van der Waals surface area contributed by atoms with Crippen LogP contribution in [0.15, 0.2) is 0 Å². The molecule has 0 aromatic heterocycles. The van der Waals surface area contributed by atoms with Crippen molar-refractivity contribution in [3.05, 3.63) is 0 Å². The van der Waals surface area contributed by atoms with Crippen molar-refractivity contribution in [3.63, 3.8) is 0 Å². The SMILES string of the molecule is O=C(N1CC[C@@H](CO)C1)C(F)(F)F. The quantitative estimate of drug-likeness (QED) is 0.660. The minimum absolute atomic E-state index is 0.00877. The molecule has 0 radical (unpaired) electrons. The van der Waals surface area contributed by atoms with Crippen molar-refractivity contribution in [3.8, 4) is 0 Å². The third-order valence-electron chi connectivity index (χ3n) is 2.07. The Balaban J connectivity index is 2.52. The van der Waals surface area contributed by atoms with Gasteiger partial charge in [-0.1, -0.05) is 0 Å². The van der Waals surface area contributed by atoms with E-state index in [1.54, 1.807) is 0 Å². The van der Waals surface area contributed by atoms with Crippen LogP contribution in [-0.4, -0.2) is 41.8 Å². The highest BCUT2D eigenvalue weighted by molar-refractivity contribution is 5.82. The topological polar surface area (TPSA) is 40.5 Å². The molecule has 3 nitrogen and oxygen atoms in total. The van der Waals surface area contributed by atoms with Gasteiger partial charge in [-0.3, -0.25) is 4.79 Å². The number of halogens is 3. The molecule has 1 saturated heterocycles. The van der Waals surface area contributed by atoms with E-state index in [1.807, 2.05) is 0 Å². The lowest BCUT2D eigenvalue weighted by Gasteiger charge is -2.17. The van der Waals surface area contributed by atoms with E-state index >= 15 is 0 Å². The molecule has 1 atom stereocenters. The van der Waals surface area contributed by atoms with Gasteiger partial charge in [-0.15, -0.1) is 0 Å². The molecule has 0 bridgehead atoms. The number of amides is 1. The summed E-state index contributed by atoms with van der Waals surface area (Å²) in [4.78, 5) is 11.4. The van der Waals surface area contributed by atoms with Crippen molar-refractivity contribution < 1.29 is 23.1 Å². The Bertz CT molecular complexity index is 204. The van der Waals surface area contributed by atoms with Gasteiger partial charge in [0.25, 0.3) is 0 Å². The van der Waals surface area contributed by atoms with E-state index in [2.05, 4.69) is 0 Å². The van der Waals surface area contributed by atoms with Crippen LogP contribution >= 0.6 is 0 Å². The average molecular weight is 197 g/mol. The number of aliphatic hydroxyl groups is 1. The Hall–Kier alpha value is -0.780. The predicted octanol–water partition coefficient (Wildman–Crippen LogP) is 0.390. The molecule has 1 aliphatic rings. The Labute approximate surface area is 73.1 Å². The second kappa shape index (κ2) is 3.53. The minimum atomic E-state index is -4.79. The van der Waals surface area contributed by atoms with E-state index in [1.165, 1.54) is 0 Å². The fraction of sp³-hybridized carbons (Fsp3) is 0.857. The van der Waals surface area contributed by atoms with E-state index in [4.69, 9.17) is 5.11 Å². The number of carbonyl (C=O) groups excluding carboxylic acids is 1. The van der Waals surface area contributed by atoms with E-state index in [0.717, 1.165) is 4.90 Å². The molecular weight excluding hydrogens is 187 g/mol. The fourth-order valence-electron chi connectivity index (χ4n) is 1.35. The monoisotopic (exact) mass is 197 g/mol. The lowest BCUT2D eigenvalue weighted by molar-refractivity contribution is -0.184. The van der Waals surface area contributed by atoms with Crippen LogP contribution in [-0.2, 0) is 4.79 Å². The summed E-state index contributed by atoms with van der Waals surface area (Å²) in [5.74, 6) is -2.00. The van der Waals surface area contributed by atoms with Crippen LogP contribution in [0.1, 0.15) is 6.42 Å². The van der Waals surface area contributed by atoms with Crippen LogP contribution in [0.2, 0.25) is 0 Å². The Morgan fingerprint density at radius 3 is 2.54 bits per heavy atom. The maximum atomic E-state index is 11.9. The number of nitrogens with zero attached hydrogens (tertiary/aromatic N) is 1. The van der Waals surface area contributed by atoms with Crippen LogP contribution in [0.3, 0.4) is 0 Å².